The number of aryl methyl sites for hydroxylation is 1. The quantitative estimate of drug-likeness (QED) is 0.492. The molecule has 2 aromatic carbocycles. The first-order valence-corrected chi connectivity index (χ1v) is 11.2. The van der Waals surface area contributed by atoms with E-state index in [1.54, 1.807) is 20.8 Å². The maximum absolute atomic E-state index is 13.3. The van der Waals surface area contributed by atoms with Gasteiger partial charge in [-0.15, -0.1) is 0 Å². The fourth-order valence-corrected chi connectivity index (χ4v) is 4.68. The zero-order chi connectivity index (χ0) is 22.8. The van der Waals surface area contributed by atoms with Crippen molar-refractivity contribution in [3.63, 3.8) is 0 Å². The predicted octanol–water partition coefficient (Wildman–Crippen LogP) is 4.58. The molecule has 0 atom stereocenters. The van der Waals surface area contributed by atoms with Gasteiger partial charge in [-0.05, 0) is 62.7 Å². The minimum atomic E-state index is -4.33. The van der Waals surface area contributed by atoms with E-state index >= 15 is 0 Å². The summed E-state index contributed by atoms with van der Waals surface area (Å²) in [5, 5.41) is 0.331. The number of benzene rings is 2. The van der Waals surface area contributed by atoms with Gasteiger partial charge >= 0.3 is 5.97 Å². The van der Waals surface area contributed by atoms with Crippen LogP contribution in [-0.4, -0.2) is 26.9 Å². The van der Waals surface area contributed by atoms with Gasteiger partial charge in [0.1, 0.15) is 22.7 Å². The van der Waals surface area contributed by atoms with E-state index in [0.717, 1.165) is 24.3 Å². The van der Waals surface area contributed by atoms with Gasteiger partial charge in [-0.25, -0.2) is 21.9 Å². The van der Waals surface area contributed by atoms with E-state index < -0.39 is 27.7 Å². The molecule has 0 saturated carbocycles. The number of hydrogen-bond acceptors (Lipinski definition) is 6. The Balaban J connectivity index is 2.20. The van der Waals surface area contributed by atoms with E-state index in [4.69, 9.17) is 9.15 Å². The Hall–Kier alpha value is -3.20. The number of ether oxygens (including phenoxy) is 1. The number of fused-ring (bicyclic) bond motifs is 1. The van der Waals surface area contributed by atoms with Crippen molar-refractivity contribution in [1.82, 2.24) is 0 Å². The minimum Gasteiger partial charge on any atom is -0.462 e. The van der Waals surface area contributed by atoms with E-state index in [1.165, 1.54) is 18.2 Å². The molecule has 0 unspecified atom stereocenters. The standard InChI is InChI=1S/C22H22FNO6S/c1-4-6-20(25)24(31(27,28)17-10-7-15(23)8-11-17)16-9-12-19-18(13-16)21(14(3)30-19)22(26)29-5-2/h7-13H,4-6H2,1-3H3. The lowest BCUT2D eigenvalue weighted by molar-refractivity contribution is -0.117. The Bertz CT molecular complexity index is 1230. The van der Waals surface area contributed by atoms with Crippen LogP contribution in [0.2, 0.25) is 0 Å². The molecule has 7 nitrogen and oxygen atoms in total. The summed E-state index contributed by atoms with van der Waals surface area (Å²) in [5.41, 5.74) is 0.564. The first-order valence-electron chi connectivity index (χ1n) is 9.74. The SMILES string of the molecule is CCCC(=O)N(c1ccc2oc(C)c(C(=O)OCC)c2c1)S(=O)(=O)c1ccc(F)cc1. The average Bonchev–Trinajstić information content (AvgIpc) is 3.04. The maximum Gasteiger partial charge on any atom is 0.342 e. The van der Waals surface area contributed by atoms with E-state index in [-0.39, 0.29) is 29.2 Å². The van der Waals surface area contributed by atoms with Crippen LogP contribution < -0.4 is 4.31 Å². The molecule has 164 valence electrons. The number of hydrogen-bond donors (Lipinski definition) is 0. The third-order valence-corrected chi connectivity index (χ3v) is 6.37. The molecule has 0 fully saturated rings. The van der Waals surface area contributed by atoms with Gasteiger partial charge in [0.2, 0.25) is 5.91 Å². The molecule has 0 saturated heterocycles. The van der Waals surface area contributed by atoms with Gasteiger partial charge in [-0.3, -0.25) is 4.79 Å². The number of rotatable bonds is 7. The second-order valence-electron chi connectivity index (χ2n) is 6.80. The number of anilines is 1. The monoisotopic (exact) mass is 447 g/mol. The van der Waals surface area contributed by atoms with Crippen LogP contribution in [0.15, 0.2) is 51.8 Å². The summed E-state index contributed by atoms with van der Waals surface area (Å²) in [4.78, 5) is 25.0. The van der Waals surface area contributed by atoms with E-state index in [9.17, 15) is 22.4 Å². The molecule has 0 N–H and O–H groups in total. The van der Waals surface area contributed by atoms with E-state index in [2.05, 4.69) is 0 Å². The molecule has 0 aliphatic rings. The molecule has 31 heavy (non-hydrogen) atoms. The highest BCUT2D eigenvalue weighted by atomic mass is 32.2. The average molecular weight is 447 g/mol. The fraction of sp³-hybridized carbons (Fsp3) is 0.273. The second-order valence-corrected chi connectivity index (χ2v) is 8.59. The van der Waals surface area contributed by atoms with Gasteiger partial charge in [-0.1, -0.05) is 6.92 Å². The summed E-state index contributed by atoms with van der Waals surface area (Å²) in [6.07, 6.45) is 0.406. The Morgan fingerprint density at radius 2 is 1.77 bits per heavy atom. The first kappa shape index (κ1) is 22.5. The van der Waals surface area contributed by atoms with Crippen molar-refractivity contribution in [3.8, 4) is 0 Å². The number of esters is 1. The molecule has 0 radical (unpaired) electrons. The summed E-state index contributed by atoms with van der Waals surface area (Å²) < 4.78 is 51.2. The van der Waals surface area contributed by atoms with Gasteiger partial charge in [0, 0.05) is 11.8 Å². The van der Waals surface area contributed by atoms with Gasteiger partial charge in [0.25, 0.3) is 10.0 Å². The number of furan rings is 1. The maximum atomic E-state index is 13.3. The molecule has 3 aromatic rings. The van der Waals surface area contributed by atoms with Crippen molar-refractivity contribution in [3.05, 3.63) is 59.6 Å². The summed E-state index contributed by atoms with van der Waals surface area (Å²) in [7, 11) is -4.33. The van der Waals surface area contributed by atoms with Crippen LogP contribution in [0.25, 0.3) is 11.0 Å². The Labute approximate surface area is 179 Å². The molecule has 1 amide bonds. The second kappa shape index (κ2) is 8.89. The van der Waals surface area contributed by atoms with Gasteiger partial charge in [0.15, 0.2) is 0 Å². The van der Waals surface area contributed by atoms with E-state index in [1.807, 2.05) is 0 Å². The third-order valence-electron chi connectivity index (χ3n) is 4.60. The topological polar surface area (TPSA) is 93.9 Å². The Morgan fingerprint density at radius 1 is 1.10 bits per heavy atom. The van der Waals surface area contributed by atoms with E-state index in [0.29, 0.717) is 27.5 Å². The van der Waals surface area contributed by atoms with Crippen LogP contribution in [0.5, 0.6) is 0 Å². The smallest absolute Gasteiger partial charge is 0.342 e. The van der Waals surface area contributed by atoms with Gasteiger partial charge < -0.3 is 9.15 Å². The number of carbonyl (C=O) groups excluding carboxylic acids is 2. The number of sulfonamides is 1. The van der Waals surface area contributed by atoms with Crippen molar-refractivity contribution >= 4 is 38.6 Å². The normalized spacial score (nSPS) is 11.5. The lowest BCUT2D eigenvalue weighted by Crippen LogP contribution is -2.36. The summed E-state index contributed by atoms with van der Waals surface area (Å²) >= 11 is 0. The van der Waals surface area contributed by atoms with Crippen molar-refractivity contribution in [2.75, 3.05) is 10.9 Å². The largest absolute Gasteiger partial charge is 0.462 e. The first-order chi connectivity index (χ1) is 14.7. The molecule has 0 spiro atoms. The highest BCUT2D eigenvalue weighted by Gasteiger charge is 2.31. The fourth-order valence-electron chi connectivity index (χ4n) is 3.24. The highest BCUT2D eigenvalue weighted by molar-refractivity contribution is 7.93. The zero-order valence-corrected chi connectivity index (χ0v) is 18.2. The molecule has 1 heterocycles. The number of nitrogens with zero attached hydrogens (tertiary/aromatic N) is 1. The van der Waals surface area contributed by atoms with Crippen LogP contribution in [0.1, 0.15) is 42.8 Å². The third kappa shape index (κ3) is 4.32. The zero-order valence-electron chi connectivity index (χ0n) is 17.3. The van der Waals surface area contributed by atoms with Crippen LogP contribution in [0.3, 0.4) is 0 Å². The summed E-state index contributed by atoms with van der Waals surface area (Å²) in [6, 6.07) is 8.55. The van der Waals surface area contributed by atoms with Crippen LogP contribution >= 0.6 is 0 Å². The van der Waals surface area contributed by atoms with Crippen molar-refractivity contribution in [2.24, 2.45) is 0 Å². The molecular weight excluding hydrogens is 425 g/mol. The van der Waals surface area contributed by atoms with Crippen LogP contribution in [0.4, 0.5) is 10.1 Å². The van der Waals surface area contributed by atoms with Gasteiger partial charge in [-0.2, -0.15) is 0 Å². The Morgan fingerprint density at radius 3 is 2.39 bits per heavy atom. The van der Waals surface area contributed by atoms with Crippen molar-refractivity contribution in [1.29, 1.82) is 0 Å². The van der Waals surface area contributed by atoms with Crippen molar-refractivity contribution in [2.45, 2.75) is 38.5 Å². The Kier molecular flexibility index (Phi) is 6.45. The molecule has 9 heteroatoms. The molecular formula is C22H22FNO6S. The molecule has 0 bridgehead atoms. The summed E-state index contributed by atoms with van der Waals surface area (Å²) in [6.45, 7) is 5.18. The number of amides is 1. The predicted molar refractivity (Wildman–Crippen MR) is 113 cm³/mol. The summed E-state index contributed by atoms with van der Waals surface area (Å²) in [5.74, 6) is -1.54. The van der Waals surface area contributed by atoms with Crippen LogP contribution in [-0.2, 0) is 19.6 Å². The minimum absolute atomic E-state index is 0.0202. The lowest BCUT2D eigenvalue weighted by Gasteiger charge is -2.22. The van der Waals surface area contributed by atoms with Gasteiger partial charge in [0.05, 0.1) is 17.2 Å². The highest BCUT2D eigenvalue weighted by Crippen LogP contribution is 2.33. The van der Waals surface area contributed by atoms with Crippen LogP contribution in [0, 0.1) is 12.7 Å². The molecule has 0 aliphatic carbocycles. The molecule has 1 aromatic heterocycles. The number of carbonyl (C=O) groups is 2. The van der Waals surface area contributed by atoms with Crippen molar-refractivity contribution < 1.29 is 31.6 Å². The molecule has 0 aliphatic heterocycles. The number of halogens is 1. The molecule has 3 rings (SSSR count). The lowest BCUT2D eigenvalue weighted by atomic mass is 10.1.